The van der Waals surface area contributed by atoms with Crippen molar-refractivity contribution < 1.29 is 19.2 Å². The number of likely N-dealkylation sites (N-methyl/N-ethyl adjacent to an activating group) is 1. The number of rotatable bonds is 3. The summed E-state index contributed by atoms with van der Waals surface area (Å²) < 4.78 is 0.577. The van der Waals surface area contributed by atoms with Crippen LogP contribution in [0.1, 0.15) is 10.4 Å². The fraction of sp³-hybridized carbons (Fsp3) is 0.231. The van der Waals surface area contributed by atoms with Crippen LogP contribution in [0.3, 0.4) is 0 Å². The molecule has 1 aliphatic rings. The second-order valence-corrected chi connectivity index (χ2v) is 5.46. The zero-order valence-electron chi connectivity index (χ0n) is 11.6. The lowest BCUT2D eigenvalue weighted by Gasteiger charge is -2.14. The number of benzene rings is 1. The summed E-state index contributed by atoms with van der Waals surface area (Å²) >= 11 is 3.22. The monoisotopic (exact) mass is 368 g/mol. The Morgan fingerprint density at radius 3 is 2.50 bits per heavy atom. The van der Waals surface area contributed by atoms with E-state index < -0.39 is 30.3 Å². The molecular formula is C13H13BrN4O4. The fourth-order valence-corrected chi connectivity index (χ4v) is 2.31. The molecule has 2 rings (SSSR count). The van der Waals surface area contributed by atoms with E-state index in [9.17, 15) is 19.2 Å². The van der Waals surface area contributed by atoms with Crippen molar-refractivity contribution >= 4 is 39.7 Å². The first-order valence-corrected chi connectivity index (χ1v) is 7.08. The van der Waals surface area contributed by atoms with E-state index in [1.54, 1.807) is 24.3 Å². The molecule has 8 nitrogen and oxygen atoms in total. The summed E-state index contributed by atoms with van der Waals surface area (Å²) in [6.45, 7) is -0.506. The maximum atomic E-state index is 11.9. The van der Waals surface area contributed by atoms with Crippen molar-refractivity contribution in [3.8, 4) is 0 Å². The molecule has 2 N–H and O–H groups in total. The van der Waals surface area contributed by atoms with Crippen LogP contribution in [0.2, 0.25) is 0 Å². The normalized spacial score (nSPS) is 14.3. The molecule has 1 fully saturated rings. The molecule has 0 unspecified atom stereocenters. The lowest BCUT2D eigenvalue weighted by molar-refractivity contribution is -0.131. The van der Waals surface area contributed by atoms with E-state index in [4.69, 9.17) is 0 Å². The predicted octanol–water partition coefficient (Wildman–Crippen LogP) is 0.104. The zero-order valence-corrected chi connectivity index (χ0v) is 13.2. The summed E-state index contributed by atoms with van der Waals surface area (Å²) in [7, 11) is 1.47. The lowest BCUT2D eigenvalue weighted by atomic mass is 10.2. The van der Waals surface area contributed by atoms with Crippen molar-refractivity contribution in [3.05, 3.63) is 34.3 Å². The number of hydrogen-bond acceptors (Lipinski definition) is 4. The first-order chi connectivity index (χ1) is 10.4. The molecule has 0 aliphatic carbocycles. The molecule has 1 aromatic rings. The van der Waals surface area contributed by atoms with Gasteiger partial charge in [0.1, 0.15) is 13.1 Å². The van der Waals surface area contributed by atoms with Crippen LogP contribution in [0.4, 0.5) is 4.79 Å². The average Bonchev–Trinajstić information content (AvgIpc) is 2.72. The molecule has 22 heavy (non-hydrogen) atoms. The second kappa shape index (κ2) is 6.56. The molecule has 0 saturated carbocycles. The third-order valence-corrected chi connectivity index (χ3v) is 3.66. The average molecular weight is 369 g/mol. The second-order valence-electron chi connectivity index (χ2n) is 4.60. The number of hydrazine groups is 1. The quantitative estimate of drug-likeness (QED) is 0.583. The van der Waals surface area contributed by atoms with Crippen molar-refractivity contribution in [2.75, 3.05) is 20.1 Å². The Morgan fingerprint density at radius 1 is 1.23 bits per heavy atom. The van der Waals surface area contributed by atoms with E-state index in [2.05, 4.69) is 26.8 Å². The topological polar surface area (TPSA) is 98.8 Å². The summed E-state index contributed by atoms with van der Waals surface area (Å²) in [4.78, 5) is 48.8. The molecule has 1 heterocycles. The van der Waals surface area contributed by atoms with Gasteiger partial charge < -0.3 is 4.90 Å². The highest BCUT2D eigenvalue weighted by Crippen LogP contribution is 2.15. The Hall–Kier alpha value is -2.42. The van der Waals surface area contributed by atoms with Crippen molar-refractivity contribution in [2.45, 2.75) is 0 Å². The Bertz CT molecular complexity index is 649. The predicted molar refractivity (Wildman–Crippen MR) is 79.5 cm³/mol. The third-order valence-electron chi connectivity index (χ3n) is 2.97. The van der Waals surface area contributed by atoms with Crippen LogP contribution in [-0.4, -0.2) is 53.7 Å². The molecule has 9 heteroatoms. The van der Waals surface area contributed by atoms with Gasteiger partial charge in [0.2, 0.25) is 0 Å². The van der Waals surface area contributed by atoms with Gasteiger partial charge in [-0.2, -0.15) is 0 Å². The van der Waals surface area contributed by atoms with Gasteiger partial charge in [-0.25, -0.2) is 4.79 Å². The van der Waals surface area contributed by atoms with E-state index in [0.29, 0.717) is 10.0 Å². The van der Waals surface area contributed by atoms with Crippen LogP contribution in [0, 0.1) is 0 Å². The molecule has 1 aromatic carbocycles. The fourth-order valence-electron chi connectivity index (χ4n) is 1.85. The van der Waals surface area contributed by atoms with Crippen molar-refractivity contribution in [3.63, 3.8) is 0 Å². The smallest absolute Gasteiger partial charge is 0.318 e. The molecule has 0 bridgehead atoms. The molecule has 0 spiro atoms. The van der Waals surface area contributed by atoms with Crippen LogP contribution in [0.15, 0.2) is 28.7 Å². The van der Waals surface area contributed by atoms with E-state index in [1.807, 2.05) is 0 Å². The number of halogens is 1. The first-order valence-electron chi connectivity index (χ1n) is 6.29. The summed E-state index contributed by atoms with van der Waals surface area (Å²) in [6.07, 6.45) is 0. The van der Waals surface area contributed by atoms with Crippen LogP contribution >= 0.6 is 15.9 Å². The van der Waals surface area contributed by atoms with E-state index in [1.165, 1.54) is 11.9 Å². The highest BCUT2D eigenvalue weighted by atomic mass is 79.9. The number of hydrogen-bond donors (Lipinski definition) is 2. The standard InChI is InChI=1S/C13H13BrN4O4/c1-17-7-11(20)18(13(17)22)6-10(19)15-16-12(21)8-4-2-3-5-9(8)14/h2-5H,6-7H2,1H3,(H,15,19)(H,16,21). The number of nitrogens with one attached hydrogen (secondary N) is 2. The van der Waals surface area contributed by atoms with E-state index >= 15 is 0 Å². The van der Waals surface area contributed by atoms with E-state index in [-0.39, 0.29) is 6.54 Å². The lowest BCUT2D eigenvalue weighted by Crippen LogP contribution is -2.48. The van der Waals surface area contributed by atoms with Crippen molar-refractivity contribution in [1.29, 1.82) is 0 Å². The molecular weight excluding hydrogens is 356 g/mol. The Labute approximate surface area is 134 Å². The zero-order chi connectivity index (χ0) is 16.3. The van der Waals surface area contributed by atoms with Crippen molar-refractivity contribution in [2.24, 2.45) is 0 Å². The Kier molecular flexibility index (Phi) is 4.76. The number of carbonyl (C=O) groups is 4. The van der Waals surface area contributed by atoms with Gasteiger partial charge in [0.25, 0.3) is 17.7 Å². The number of urea groups is 1. The molecule has 1 aliphatic heterocycles. The minimum atomic E-state index is -0.669. The summed E-state index contributed by atoms with van der Waals surface area (Å²) in [5.74, 6) is -1.64. The summed E-state index contributed by atoms with van der Waals surface area (Å²) in [5, 5.41) is 0. The summed E-state index contributed by atoms with van der Waals surface area (Å²) in [5.41, 5.74) is 4.73. The van der Waals surface area contributed by atoms with Gasteiger partial charge in [0.05, 0.1) is 5.56 Å². The minimum Gasteiger partial charge on any atom is -0.318 e. The van der Waals surface area contributed by atoms with Gasteiger partial charge >= 0.3 is 6.03 Å². The van der Waals surface area contributed by atoms with Crippen molar-refractivity contribution in [1.82, 2.24) is 20.7 Å². The van der Waals surface area contributed by atoms with E-state index in [0.717, 1.165) is 4.90 Å². The number of carbonyl (C=O) groups excluding carboxylic acids is 4. The number of nitrogens with zero attached hydrogens (tertiary/aromatic N) is 2. The molecule has 5 amide bonds. The minimum absolute atomic E-state index is 0.0601. The summed E-state index contributed by atoms with van der Waals surface area (Å²) in [6, 6.07) is 6.15. The van der Waals surface area contributed by atoms with Crippen LogP contribution in [0.25, 0.3) is 0 Å². The van der Waals surface area contributed by atoms with Crippen LogP contribution in [0.5, 0.6) is 0 Å². The molecule has 116 valence electrons. The van der Waals surface area contributed by atoms with Crippen LogP contribution in [-0.2, 0) is 9.59 Å². The Balaban J connectivity index is 1.88. The highest BCUT2D eigenvalue weighted by Gasteiger charge is 2.34. The highest BCUT2D eigenvalue weighted by molar-refractivity contribution is 9.10. The van der Waals surface area contributed by atoms with Gasteiger partial charge in [-0.05, 0) is 28.1 Å². The SMILES string of the molecule is CN1CC(=O)N(CC(=O)NNC(=O)c2ccccc2Br)C1=O. The Morgan fingerprint density at radius 2 is 1.91 bits per heavy atom. The largest absolute Gasteiger partial charge is 0.327 e. The third kappa shape index (κ3) is 3.42. The first kappa shape index (κ1) is 16.0. The maximum absolute atomic E-state index is 11.9. The van der Waals surface area contributed by atoms with Gasteiger partial charge in [-0.15, -0.1) is 0 Å². The van der Waals surface area contributed by atoms with Gasteiger partial charge in [0, 0.05) is 11.5 Å². The van der Waals surface area contributed by atoms with Gasteiger partial charge in [-0.3, -0.25) is 30.1 Å². The van der Waals surface area contributed by atoms with Crippen LogP contribution < -0.4 is 10.9 Å². The molecule has 1 saturated heterocycles. The molecule has 0 aromatic heterocycles. The molecule has 0 atom stereocenters. The number of imide groups is 1. The number of amides is 5. The van der Waals surface area contributed by atoms with Gasteiger partial charge in [0.15, 0.2) is 0 Å². The maximum Gasteiger partial charge on any atom is 0.327 e. The molecule has 0 radical (unpaired) electrons. The van der Waals surface area contributed by atoms with Gasteiger partial charge in [-0.1, -0.05) is 12.1 Å².